The van der Waals surface area contributed by atoms with Crippen molar-refractivity contribution in [3.63, 3.8) is 0 Å². The van der Waals surface area contributed by atoms with Gasteiger partial charge in [0.15, 0.2) is 0 Å². The van der Waals surface area contributed by atoms with Crippen molar-refractivity contribution in [2.75, 3.05) is 30.8 Å². The van der Waals surface area contributed by atoms with E-state index in [-0.39, 0.29) is 12.1 Å². The summed E-state index contributed by atoms with van der Waals surface area (Å²) in [6.07, 6.45) is 2.78. The SMILES string of the molecule is Nc1nnc(CCNC(=O)Nc2ccccc2OC[C@H]2CCCO2)s1. The number of nitrogen functional groups attached to an aromatic ring is 1. The van der Waals surface area contributed by atoms with Gasteiger partial charge in [-0.3, -0.25) is 0 Å². The van der Waals surface area contributed by atoms with Crippen LogP contribution in [-0.4, -0.2) is 42.1 Å². The zero-order chi connectivity index (χ0) is 17.5. The molecule has 25 heavy (non-hydrogen) atoms. The number of anilines is 2. The fourth-order valence-electron chi connectivity index (χ4n) is 2.47. The van der Waals surface area contributed by atoms with Gasteiger partial charge in [-0.05, 0) is 25.0 Å². The topological polar surface area (TPSA) is 111 Å². The van der Waals surface area contributed by atoms with Crippen molar-refractivity contribution < 1.29 is 14.3 Å². The molecule has 0 unspecified atom stereocenters. The minimum atomic E-state index is -0.300. The summed E-state index contributed by atoms with van der Waals surface area (Å²) >= 11 is 1.32. The van der Waals surface area contributed by atoms with Crippen LogP contribution in [0, 0.1) is 0 Å². The van der Waals surface area contributed by atoms with Crippen molar-refractivity contribution >= 4 is 28.2 Å². The van der Waals surface area contributed by atoms with Gasteiger partial charge in [0.1, 0.15) is 17.4 Å². The van der Waals surface area contributed by atoms with E-state index in [1.54, 1.807) is 6.07 Å². The molecule has 134 valence electrons. The molecule has 3 rings (SSSR count). The van der Waals surface area contributed by atoms with Crippen LogP contribution in [0.2, 0.25) is 0 Å². The molecule has 2 amide bonds. The lowest BCUT2D eigenvalue weighted by Gasteiger charge is -2.15. The van der Waals surface area contributed by atoms with Crippen LogP contribution in [0.15, 0.2) is 24.3 Å². The standard InChI is InChI=1S/C16H21N5O3S/c17-15-21-20-14(25-15)7-8-18-16(22)19-12-5-1-2-6-13(12)24-10-11-4-3-9-23-11/h1-2,5-6,11H,3-4,7-10H2,(H2,17,21)(H2,18,19,22)/t11-/m1/s1. The maximum atomic E-state index is 12.1. The van der Waals surface area contributed by atoms with Crippen LogP contribution >= 0.6 is 11.3 Å². The van der Waals surface area contributed by atoms with Crippen LogP contribution in [0.25, 0.3) is 0 Å². The van der Waals surface area contributed by atoms with Crippen molar-refractivity contribution in [2.45, 2.75) is 25.4 Å². The molecule has 0 spiro atoms. The molecule has 1 saturated heterocycles. The zero-order valence-electron chi connectivity index (χ0n) is 13.7. The van der Waals surface area contributed by atoms with E-state index in [0.717, 1.165) is 24.5 Å². The molecule has 9 heteroatoms. The predicted molar refractivity (Wildman–Crippen MR) is 96.0 cm³/mol. The number of benzene rings is 1. The fraction of sp³-hybridized carbons (Fsp3) is 0.438. The molecule has 0 radical (unpaired) electrons. The molecule has 1 aromatic heterocycles. The highest BCUT2D eigenvalue weighted by Crippen LogP contribution is 2.25. The van der Waals surface area contributed by atoms with Crippen molar-refractivity contribution in [3.05, 3.63) is 29.3 Å². The Morgan fingerprint density at radius 1 is 1.40 bits per heavy atom. The average molecular weight is 363 g/mol. The third-order valence-electron chi connectivity index (χ3n) is 3.69. The normalized spacial score (nSPS) is 16.6. The van der Waals surface area contributed by atoms with E-state index in [4.69, 9.17) is 15.2 Å². The van der Waals surface area contributed by atoms with E-state index in [2.05, 4.69) is 20.8 Å². The predicted octanol–water partition coefficient (Wildman–Crippen LogP) is 2.04. The summed E-state index contributed by atoms with van der Waals surface area (Å²) in [7, 11) is 0. The lowest BCUT2D eigenvalue weighted by atomic mass is 10.2. The Balaban J connectivity index is 1.46. The quantitative estimate of drug-likeness (QED) is 0.694. The highest BCUT2D eigenvalue weighted by atomic mass is 32.1. The highest BCUT2D eigenvalue weighted by Gasteiger charge is 2.17. The summed E-state index contributed by atoms with van der Waals surface area (Å²) < 4.78 is 11.3. The second kappa shape index (κ2) is 8.63. The second-order valence-corrected chi connectivity index (χ2v) is 6.70. The Morgan fingerprint density at radius 2 is 2.28 bits per heavy atom. The summed E-state index contributed by atoms with van der Waals surface area (Å²) in [5, 5.41) is 14.5. The van der Waals surface area contributed by atoms with Gasteiger partial charge in [-0.2, -0.15) is 0 Å². The molecule has 0 bridgehead atoms. The van der Waals surface area contributed by atoms with Gasteiger partial charge < -0.3 is 25.8 Å². The first-order chi connectivity index (χ1) is 12.2. The first-order valence-electron chi connectivity index (χ1n) is 8.17. The van der Waals surface area contributed by atoms with E-state index in [1.165, 1.54) is 11.3 Å². The minimum absolute atomic E-state index is 0.126. The number of aromatic nitrogens is 2. The second-order valence-electron chi connectivity index (χ2n) is 5.61. The van der Waals surface area contributed by atoms with Gasteiger partial charge >= 0.3 is 6.03 Å². The van der Waals surface area contributed by atoms with Crippen molar-refractivity contribution in [3.8, 4) is 5.75 Å². The molecule has 4 N–H and O–H groups in total. The molecule has 1 aliphatic rings. The molecule has 1 aromatic carbocycles. The van der Waals surface area contributed by atoms with Gasteiger partial charge in [0, 0.05) is 19.6 Å². The number of carbonyl (C=O) groups is 1. The number of amides is 2. The summed E-state index contributed by atoms with van der Waals surface area (Å²) in [5.41, 5.74) is 6.15. The highest BCUT2D eigenvalue weighted by molar-refractivity contribution is 7.15. The summed E-state index contributed by atoms with van der Waals surface area (Å²) in [6.45, 7) is 1.72. The number of hydrogen-bond acceptors (Lipinski definition) is 7. The van der Waals surface area contributed by atoms with Gasteiger partial charge in [0.2, 0.25) is 5.13 Å². The minimum Gasteiger partial charge on any atom is -0.489 e. The van der Waals surface area contributed by atoms with Crippen LogP contribution in [0.4, 0.5) is 15.6 Å². The molecule has 2 heterocycles. The van der Waals surface area contributed by atoms with Crippen LogP contribution < -0.4 is 21.1 Å². The smallest absolute Gasteiger partial charge is 0.319 e. The number of hydrogen-bond donors (Lipinski definition) is 3. The summed E-state index contributed by atoms with van der Waals surface area (Å²) in [4.78, 5) is 12.1. The van der Waals surface area contributed by atoms with Gasteiger partial charge in [0.05, 0.1) is 11.8 Å². The Labute approximate surface area is 149 Å². The number of nitrogens with two attached hydrogens (primary N) is 1. The van der Waals surface area contributed by atoms with Crippen molar-refractivity contribution in [1.29, 1.82) is 0 Å². The number of para-hydroxylation sites is 2. The van der Waals surface area contributed by atoms with Crippen LogP contribution in [-0.2, 0) is 11.2 Å². The van der Waals surface area contributed by atoms with Crippen LogP contribution in [0.1, 0.15) is 17.8 Å². The van der Waals surface area contributed by atoms with Crippen LogP contribution in [0.3, 0.4) is 0 Å². The molecule has 8 nitrogen and oxygen atoms in total. The zero-order valence-corrected chi connectivity index (χ0v) is 14.6. The third-order valence-corrected chi connectivity index (χ3v) is 4.50. The van der Waals surface area contributed by atoms with Crippen LogP contribution in [0.5, 0.6) is 5.75 Å². The van der Waals surface area contributed by atoms with Crippen molar-refractivity contribution in [2.24, 2.45) is 0 Å². The van der Waals surface area contributed by atoms with Gasteiger partial charge in [-0.15, -0.1) is 10.2 Å². The molecular weight excluding hydrogens is 342 g/mol. The number of nitrogens with zero attached hydrogens (tertiary/aromatic N) is 2. The largest absolute Gasteiger partial charge is 0.489 e. The molecule has 0 saturated carbocycles. The molecule has 1 fully saturated rings. The monoisotopic (exact) mass is 363 g/mol. The lowest BCUT2D eigenvalue weighted by Crippen LogP contribution is -2.30. The maximum Gasteiger partial charge on any atom is 0.319 e. The number of rotatable bonds is 7. The molecule has 1 atom stereocenters. The van der Waals surface area contributed by atoms with E-state index >= 15 is 0 Å². The van der Waals surface area contributed by atoms with E-state index in [1.807, 2.05) is 18.2 Å². The van der Waals surface area contributed by atoms with E-state index in [0.29, 0.717) is 36.1 Å². The molecule has 0 aliphatic carbocycles. The maximum absolute atomic E-state index is 12.1. The van der Waals surface area contributed by atoms with Gasteiger partial charge in [-0.25, -0.2) is 4.79 Å². The summed E-state index contributed by atoms with van der Waals surface area (Å²) in [5.74, 6) is 0.630. The number of ether oxygens (including phenoxy) is 2. The molecule has 1 aliphatic heterocycles. The van der Waals surface area contributed by atoms with Gasteiger partial charge in [0.25, 0.3) is 0 Å². The Hall–Kier alpha value is -2.39. The fourth-order valence-corrected chi connectivity index (χ4v) is 3.08. The summed E-state index contributed by atoms with van der Waals surface area (Å²) in [6, 6.07) is 7.04. The Kier molecular flexibility index (Phi) is 6.02. The molecule has 2 aromatic rings. The third kappa shape index (κ3) is 5.30. The van der Waals surface area contributed by atoms with E-state index in [9.17, 15) is 4.79 Å². The Morgan fingerprint density at radius 3 is 3.04 bits per heavy atom. The van der Waals surface area contributed by atoms with E-state index < -0.39 is 0 Å². The van der Waals surface area contributed by atoms with Crippen molar-refractivity contribution in [1.82, 2.24) is 15.5 Å². The first kappa shape index (κ1) is 17.4. The Bertz CT molecular complexity index is 703. The number of urea groups is 1. The molecular formula is C16H21N5O3S. The van der Waals surface area contributed by atoms with Gasteiger partial charge in [-0.1, -0.05) is 23.5 Å². The number of nitrogens with one attached hydrogen (secondary N) is 2. The number of carbonyl (C=O) groups excluding carboxylic acids is 1. The lowest BCUT2D eigenvalue weighted by molar-refractivity contribution is 0.0682. The average Bonchev–Trinajstić information content (AvgIpc) is 3.26. The first-order valence-corrected chi connectivity index (χ1v) is 8.98.